The van der Waals surface area contributed by atoms with Gasteiger partial charge in [0.05, 0.1) is 50.8 Å². The van der Waals surface area contributed by atoms with Crippen molar-refractivity contribution in [1.82, 2.24) is 0 Å². The fourth-order valence-electron chi connectivity index (χ4n) is 6.75. The first-order valence-electron chi connectivity index (χ1n) is 20.1. The van der Waals surface area contributed by atoms with Crippen LogP contribution in [0, 0.1) is 0 Å². The van der Waals surface area contributed by atoms with Gasteiger partial charge in [-0.25, -0.2) is 9.59 Å². The Labute approximate surface area is 329 Å². The molecule has 0 aromatic heterocycles. The minimum absolute atomic E-state index is 0.0108. The van der Waals surface area contributed by atoms with Crippen molar-refractivity contribution >= 4 is 11.9 Å². The molecule has 296 valence electrons. The number of hydrogen-bond donors (Lipinski definition) is 0. The van der Waals surface area contributed by atoms with Crippen molar-refractivity contribution in [3.05, 3.63) is 107 Å². The van der Waals surface area contributed by atoms with Gasteiger partial charge in [-0.1, -0.05) is 31.9 Å². The summed E-state index contributed by atoms with van der Waals surface area (Å²) in [5, 5.41) is 0. The third-order valence-electron chi connectivity index (χ3n) is 10.2. The predicted molar refractivity (Wildman–Crippen MR) is 211 cm³/mol. The largest absolute Gasteiger partial charge is 0.494 e. The van der Waals surface area contributed by atoms with Gasteiger partial charge in [0, 0.05) is 19.1 Å². The van der Waals surface area contributed by atoms with E-state index < -0.39 is 11.9 Å². The number of hydrogen-bond acceptors (Lipinski definition) is 10. The quantitative estimate of drug-likeness (QED) is 0.0297. The number of benzene rings is 4. The highest BCUT2D eigenvalue weighted by Gasteiger charge is 2.27. The van der Waals surface area contributed by atoms with Gasteiger partial charge in [-0.05, 0) is 134 Å². The molecule has 4 aromatic rings. The van der Waals surface area contributed by atoms with Gasteiger partial charge in [-0.3, -0.25) is 0 Å². The second kappa shape index (κ2) is 19.9. The Bertz CT molecular complexity index is 1740. The van der Waals surface area contributed by atoms with Crippen molar-refractivity contribution in [2.75, 3.05) is 52.9 Å². The molecule has 10 heteroatoms. The van der Waals surface area contributed by atoms with Crippen LogP contribution in [0.5, 0.6) is 23.0 Å². The van der Waals surface area contributed by atoms with Crippen molar-refractivity contribution in [2.45, 2.75) is 76.4 Å². The molecule has 2 fully saturated rings. The van der Waals surface area contributed by atoms with Crippen LogP contribution in [0.15, 0.2) is 84.9 Å². The first-order chi connectivity index (χ1) is 27.5. The third-order valence-corrected chi connectivity index (χ3v) is 10.2. The molecule has 2 atom stereocenters. The Kier molecular flexibility index (Phi) is 14.0. The number of carbonyl (C=O) groups excluding carboxylic acids is 2. The molecule has 0 N–H and O–H groups in total. The van der Waals surface area contributed by atoms with E-state index in [2.05, 4.69) is 6.92 Å². The van der Waals surface area contributed by atoms with Gasteiger partial charge in [0.2, 0.25) is 0 Å². The molecule has 56 heavy (non-hydrogen) atoms. The van der Waals surface area contributed by atoms with Crippen molar-refractivity contribution < 1.29 is 47.5 Å². The van der Waals surface area contributed by atoms with Gasteiger partial charge >= 0.3 is 11.9 Å². The zero-order valence-electron chi connectivity index (χ0n) is 32.2. The standard InChI is InChI=1S/C46H52O10/c1-32-43-26-37(55-45(47)33-10-14-35(15-11-33)51-24-8-4-2-6-22-49-28-39-30-53-39)18-20-41(43)42-21-19-38(27-44(32)42)56-46(48)34-12-16-36(17-13-34)52-25-9-5-3-7-23-50-29-40-31-54-40/h10-21,26-27,32,39-40H,2-9,22-25,28-31H2,1H3. The maximum Gasteiger partial charge on any atom is 0.343 e. The van der Waals surface area contributed by atoms with Crippen LogP contribution in [0.1, 0.15) is 96.1 Å². The van der Waals surface area contributed by atoms with E-state index in [9.17, 15) is 9.59 Å². The third kappa shape index (κ3) is 11.6. The van der Waals surface area contributed by atoms with Crippen molar-refractivity contribution in [2.24, 2.45) is 0 Å². The number of rotatable bonds is 24. The first kappa shape index (κ1) is 39.5. The highest BCUT2D eigenvalue weighted by molar-refractivity contribution is 5.92. The van der Waals surface area contributed by atoms with Crippen molar-refractivity contribution in [1.29, 1.82) is 0 Å². The van der Waals surface area contributed by atoms with E-state index in [1.54, 1.807) is 48.5 Å². The fourth-order valence-corrected chi connectivity index (χ4v) is 6.75. The van der Waals surface area contributed by atoms with Crippen LogP contribution < -0.4 is 18.9 Å². The monoisotopic (exact) mass is 764 g/mol. The van der Waals surface area contributed by atoms with Gasteiger partial charge in [-0.15, -0.1) is 0 Å². The maximum atomic E-state index is 13.0. The molecule has 0 radical (unpaired) electrons. The van der Waals surface area contributed by atoms with E-state index in [-0.39, 0.29) is 5.92 Å². The Morgan fingerprint density at radius 3 is 1.29 bits per heavy atom. The molecule has 2 heterocycles. The lowest BCUT2D eigenvalue weighted by Gasteiger charge is -2.11. The zero-order chi connectivity index (χ0) is 38.5. The summed E-state index contributed by atoms with van der Waals surface area (Å²) < 4.78 is 44.8. The summed E-state index contributed by atoms with van der Waals surface area (Å²) in [7, 11) is 0. The van der Waals surface area contributed by atoms with Crippen LogP contribution in [0.2, 0.25) is 0 Å². The lowest BCUT2D eigenvalue weighted by Crippen LogP contribution is -2.09. The summed E-state index contributed by atoms with van der Waals surface area (Å²) in [6.07, 6.45) is 9.02. The maximum absolute atomic E-state index is 13.0. The topological polar surface area (TPSA) is 115 Å². The van der Waals surface area contributed by atoms with E-state index in [0.29, 0.717) is 61.3 Å². The minimum atomic E-state index is -0.434. The average Bonchev–Trinajstić information content (AvgIpc) is 4.17. The van der Waals surface area contributed by atoms with Gasteiger partial charge in [0.15, 0.2) is 0 Å². The van der Waals surface area contributed by atoms with E-state index in [1.807, 2.05) is 36.4 Å². The summed E-state index contributed by atoms with van der Waals surface area (Å²) in [4.78, 5) is 26.1. The number of ether oxygens (including phenoxy) is 8. The first-order valence-corrected chi connectivity index (χ1v) is 20.1. The van der Waals surface area contributed by atoms with Crippen LogP contribution in [-0.2, 0) is 18.9 Å². The number of esters is 2. The molecule has 1 aliphatic carbocycles. The van der Waals surface area contributed by atoms with E-state index >= 15 is 0 Å². The second-order valence-electron chi connectivity index (χ2n) is 14.6. The van der Waals surface area contributed by atoms with Crippen molar-refractivity contribution in [3.63, 3.8) is 0 Å². The molecule has 2 unspecified atom stereocenters. The van der Waals surface area contributed by atoms with E-state index in [4.69, 9.17) is 37.9 Å². The summed E-state index contributed by atoms with van der Waals surface area (Å²) in [5.41, 5.74) is 5.11. The Hall–Kier alpha value is -4.74. The summed E-state index contributed by atoms with van der Waals surface area (Å²) >= 11 is 0. The van der Waals surface area contributed by atoms with Crippen molar-refractivity contribution in [3.8, 4) is 34.1 Å². The molecule has 0 amide bonds. The Morgan fingerprint density at radius 2 is 0.893 bits per heavy atom. The van der Waals surface area contributed by atoms with Crippen LogP contribution in [0.4, 0.5) is 0 Å². The minimum Gasteiger partial charge on any atom is -0.494 e. The van der Waals surface area contributed by atoms with Crippen LogP contribution in [0.3, 0.4) is 0 Å². The highest BCUT2D eigenvalue weighted by atomic mass is 16.6. The molecule has 3 aliphatic rings. The van der Waals surface area contributed by atoms with E-state index in [0.717, 1.165) is 112 Å². The number of epoxide rings is 2. The van der Waals surface area contributed by atoms with E-state index in [1.165, 1.54) is 0 Å². The highest BCUT2D eigenvalue weighted by Crippen LogP contribution is 2.47. The number of fused-ring (bicyclic) bond motifs is 3. The van der Waals surface area contributed by atoms with Gasteiger partial charge < -0.3 is 37.9 Å². The van der Waals surface area contributed by atoms with Crippen LogP contribution >= 0.6 is 0 Å². The molecular weight excluding hydrogens is 712 g/mol. The van der Waals surface area contributed by atoms with Crippen LogP contribution in [-0.4, -0.2) is 77.0 Å². The number of unbranched alkanes of at least 4 members (excludes halogenated alkanes) is 6. The predicted octanol–water partition coefficient (Wildman–Crippen LogP) is 8.97. The van der Waals surface area contributed by atoms with Gasteiger partial charge in [-0.2, -0.15) is 0 Å². The van der Waals surface area contributed by atoms with Gasteiger partial charge in [0.25, 0.3) is 0 Å². The molecule has 4 aromatic carbocycles. The molecule has 0 bridgehead atoms. The summed E-state index contributed by atoms with van der Waals surface area (Å²) in [6, 6.07) is 25.5. The lowest BCUT2D eigenvalue weighted by atomic mass is 9.99. The summed E-state index contributed by atoms with van der Waals surface area (Å²) in [5.74, 6) is 1.53. The molecule has 0 saturated carbocycles. The molecule has 2 saturated heterocycles. The molecule has 2 aliphatic heterocycles. The average molecular weight is 765 g/mol. The number of carbonyl (C=O) groups is 2. The lowest BCUT2D eigenvalue weighted by molar-refractivity contribution is 0.0725. The smallest absolute Gasteiger partial charge is 0.343 e. The summed E-state index contributed by atoms with van der Waals surface area (Å²) in [6.45, 7) is 7.99. The fraction of sp³-hybridized carbons (Fsp3) is 0.435. The normalized spacial score (nSPS) is 17.5. The van der Waals surface area contributed by atoms with Gasteiger partial charge in [0.1, 0.15) is 35.2 Å². The SMILES string of the molecule is CC1c2cc(OC(=O)c3ccc(OCCCCCCOCC4CO4)cc3)ccc2-c2ccc(OC(=O)c3ccc(OCCCCCCOCC4CO4)cc3)cc21. The Morgan fingerprint density at radius 1 is 0.518 bits per heavy atom. The molecule has 7 rings (SSSR count). The second-order valence-corrected chi connectivity index (χ2v) is 14.6. The zero-order valence-corrected chi connectivity index (χ0v) is 32.2. The van der Waals surface area contributed by atoms with Crippen LogP contribution in [0.25, 0.3) is 11.1 Å². The molecular formula is C46H52O10. The Balaban J connectivity index is 0.821. The molecule has 10 nitrogen and oxygen atoms in total. The molecule has 0 spiro atoms.